The molecule has 0 saturated carbocycles. The highest BCUT2D eigenvalue weighted by Gasteiger charge is 2.22. The first-order chi connectivity index (χ1) is 26.4. The average molecular weight is 692 g/mol. The summed E-state index contributed by atoms with van der Waals surface area (Å²) in [5, 5.41) is 12.9. The second-order valence-corrected chi connectivity index (χ2v) is 15.7. The molecule has 0 aliphatic carbocycles. The van der Waals surface area contributed by atoms with E-state index in [1.807, 2.05) is 12.1 Å². The van der Waals surface area contributed by atoms with Gasteiger partial charge in [-0.2, -0.15) is 0 Å². The summed E-state index contributed by atoms with van der Waals surface area (Å²) in [6.45, 7) is 6.87. The normalized spacial score (nSPS) is 12.4. The predicted molar refractivity (Wildman–Crippen MR) is 229 cm³/mol. The molecule has 0 N–H and O–H groups in total. The van der Waals surface area contributed by atoms with Crippen LogP contribution in [0, 0.1) is 0 Å². The van der Waals surface area contributed by atoms with Gasteiger partial charge in [0.15, 0.2) is 0 Å². The molecule has 0 atom stereocenters. The summed E-state index contributed by atoms with van der Waals surface area (Å²) >= 11 is 0. The van der Waals surface area contributed by atoms with Crippen LogP contribution in [0.1, 0.15) is 26.3 Å². The van der Waals surface area contributed by atoms with Crippen LogP contribution in [0.3, 0.4) is 0 Å². The zero-order valence-electron chi connectivity index (χ0n) is 30.5. The van der Waals surface area contributed by atoms with E-state index < -0.39 is 0 Å². The second kappa shape index (κ2) is 11.4. The standard InChI is InChI=1S/C52H37NO/c1-52(2,3)34-24-25-36(45(31-34)32-20-22-33(23-21-32)49-19-10-30-54-49)35-26-27-42-43-28-29-48(53-46-17-6-4-11-37(46)38-12-5-7-18-47(38)53)44-16-9-15-41(51(43)44)40-14-8-13-39(35)50(40)42/h4-31H,1-3H3. The van der Waals surface area contributed by atoms with E-state index >= 15 is 0 Å². The number of nitrogens with zero attached hydrogens (tertiary/aromatic N) is 1. The van der Waals surface area contributed by atoms with Crippen molar-refractivity contribution in [3.63, 3.8) is 0 Å². The Morgan fingerprint density at radius 2 is 0.963 bits per heavy atom. The van der Waals surface area contributed by atoms with E-state index in [9.17, 15) is 0 Å². The summed E-state index contributed by atoms with van der Waals surface area (Å²) in [7, 11) is 0. The molecule has 0 aliphatic rings. The molecule has 9 aromatic carbocycles. The zero-order valence-corrected chi connectivity index (χ0v) is 30.5. The topological polar surface area (TPSA) is 18.1 Å². The molecule has 0 bridgehead atoms. The highest BCUT2D eigenvalue weighted by Crippen LogP contribution is 2.47. The first-order valence-electron chi connectivity index (χ1n) is 18.8. The SMILES string of the molecule is CC(C)(C)c1ccc(-c2ccc3c4ccc(-n5c6ccccc6c6ccccc65)c5cccc(c6cccc2c63)c54)c(-c2ccc(-c3ccco3)cc2)c1. The third-order valence-corrected chi connectivity index (χ3v) is 11.6. The minimum absolute atomic E-state index is 0.0157. The quantitative estimate of drug-likeness (QED) is 0.133. The van der Waals surface area contributed by atoms with Crippen molar-refractivity contribution >= 4 is 64.9 Å². The number of fused-ring (bicyclic) bond motifs is 5. The van der Waals surface area contributed by atoms with Crippen molar-refractivity contribution in [1.29, 1.82) is 0 Å². The molecule has 2 nitrogen and oxygen atoms in total. The van der Waals surface area contributed by atoms with Crippen LogP contribution in [0.2, 0.25) is 0 Å². The van der Waals surface area contributed by atoms with Gasteiger partial charge in [-0.1, -0.05) is 154 Å². The Hall–Kier alpha value is -6.64. The smallest absolute Gasteiger partial charge is 0.133 e. The number of hydrogen-bond acceptors (Lipinski definition) is 1. The number of aromatic nitrogens is 1. The molecule has 0 aliphatic heterocycles. The van der Waals surface area contributed by atoms with Crippen LogP contribution in [-0.4, -0.2) is 4.57 Å². The maximum Gasteiger partial charge on any atom is 0.133 e. The second-order valence-electron chi connectivity index (χ2n) is 15.7. The van der Waals surface area contributed by atoms with Gasteiger partial charge in [-0.25, -0.2) is 0 Å². The maximum absolute atomic E-state index is 5.71. The van der Waals surface area contributed by atoms with Gasteiger partial charge in [-0.05, 0) is 101 Å². The molecule has 2 heteroatoms. The van der Waals surface area contributed by atoms with Crippen molar-refractivity contribution in [1.82, 2.24) is 4.57 Å². The van der Waals surface area contributed by atoms with Gasteiger partial charge in [0.1, 0.15) is 5.76 Å². The van der Waals surface area contributed by atoms with E-state index in [0.717, 1.165) is 11.3 Å². The molecule has 0 radical (unpaired) electrons. The lowest BCUT2D eigenvalue weighted by Crippen LogP contribution is -2.11. The average Bonchev–Trinajstić information content (AvgIpc) is 3.87. The molecule has 0 amide bonds. The van der Waals surface area contributed by atoms with Gasteiger partial charge in [0.05, 0.1) is 23.0 Å². The van der Waals surface area contributed by atoms with Crippen LogP contribution in [0.15, 0.2) is 174 Å². The molecule has 0 saturated heterocycles. The molecular formula is C52H37NO. The van der Waals surface area contributed by atoms with E-state index in [4.69, 9.17) is 4.42 Å². The Bertz CT molecular complexity index is 3150. The fourth-order valence-corrected chi connectivity index (χ4v) is 9.05. The Morgan fingerprint density at radius 1 is 0.407 bits per heavy atom. The van der Waals surface area contributed by atoms with Crippen molar-refractivity contribution in [2.75, 3.05) is 0 Å². The molecule has 0 unspecified atom stereocenters. The fourth-order valence-electron chi connectivity index (χ4n) is 9.05. The molecule has 0 spiro atoms. The maximum atomic E-state index is 5.71. The third kappa shape index (κ3) is 4.47. The van der Waals surface area contributed by atoms with E-state index in [0.29, 0.717) is 0 Å². The Labute approximate surface area is 313 Å². The van der Waals surface area contributed by atoms with Crippen LogP contribution < -0.4 is 0 Å². The summed E-state index contributed by atoms with van der Waals surface area (Å²) in [6.07, 6.45) is 1.73. The lowest BCUT2D eigenvalue weighted by atomic mass is 9.81. The van der Waals surface area contributed by atoms with E-state index in [1.165, 1.54) is 98.4 Å². The van der Waals surface area contributed by atoms with Crippen LogP contribution in [0.4, 0.5) is 0 Å². The van der Waals surface area contributed by atoms with Crippen molar-refractivity contribution in [2.45, 2.75) is 26.2 Å². The van der Waals surface area contributed by atoms with Gasteiger partial charge >= 0.3 is 0 Å². The molecule has 11 rings (SSSR count). The van der Waals surface area contributed by atoms with Crippen molar-refractivity contribution in [3.05, 3.63) is 176 Å². The minimum Gasteiger partial charge on any atom is -0.464 e. The number of hydrogen-bond donors (Lipinski definition) is 0. The van der Waals surface area contributed by atoms with E-state index in [1.54, 1.807) is 6.26 Å². The number of rotatable bonds is 4. The van der Waals surface area contributed by atoms with Crippen LogP contribution >= 0.6 is 0 Å². The van der Waals surface area contributed by atoms with Gasteiger partial charge in [0.2, 0.25) is 0 Å². The van der Waals surface area contributed by atoms with Crippen LogP contribution in [0.5, 0.6) is 0 Å². The van der Waals surface area contributed by atoms with Gasteiger partial charge in [0, 0.05) is 21.7 Å². The van der Waals surface area contributed by atoms with Gasteiger partial charge in [0.25, 0.3) is 0 Å². The number of para-hydroxylation sites is 2. The van der Waals surface area contributed by atoms with Crippen molar-refractivity contribution < 1.29 is 4.42 Å². The summed E-state index contributed by atoms with van der Waals surface area (Å²) < 4.78 is 8.17. The molecule has 0 fully saturated rings. The van der Waals surface area contributed by atoms with Gasteiger partial charge < -0.3 is 8.98 Å². The Kier molecular flexibility index (Phi) is 6.55. The molecule has 2 heterocycles. The molecule has 54 heavy (non-hydrogen) atoms. The van der Waals surface area contributed by atoms with E-state index in [-0.39, 0.29) is 5.41 Å². The minimum atomic E-state index is 0.0157. The first-order valence-corrected chi connectivity index (χ1v) is 18.8. The molecule has 256 valence electrons. The molecular weight excluding hydrogens is 655 g/mol. The van der Waals surface area contributed by atoms with Crippen LogP contribution in [0.25, 0.3) is 104 Å². The summed E-state index contributed by atoms with van der Waals surface area (Å²) in [5.74, 6) is 0.881. The molecule has 2 aromatic heterocycles. The third-order valence-electron chi connectivity index (χ3n) is 11.6. The lowest BCUT2D eigenvalue weighted by molar-refractivity contribution is 0.582. The van der Waals surface area contributed by atoms with Crippen molar-refractivity contribution in [3.8, 4) is 39.3 Å². The first kappa shape index (κ1) is 30.9. The fraction of sp³-hybridized carbons (Fsp3) is 0.0769. The Morgan fingerprint density at radius 3 is 1.63 bits per heavy atom. The number of furan rings is 1. The predicted octanol–water partition coefficient (Wildman–Crippen LogP) is 14.7. The largest absolute Gasteiger partial charge is 0.464 e. The summed E-state index contributed by atoms with van der Waals surface area (Å²) in [5.41, 5.74) is 11.0. The molecule has 11 aromatic rings. The lowest BCUT2D eigenvalue weighted by Gasteiger charge is -2.23. The van der Waals surface area contributed by atoms with E-state index in [2.05, 4.69) is 177 Å². The Balaban J connectivity index is 1.16. The highest BCUT2D eigenvalue weighted by atomic mass is 16.3. The zero-order chi connectivity index (χ0) is 36.1. The van der Waals surface area contributed by atoms with Gasteiger partial charge in [-0.3, -0.25) is 0 Å². The van der Waals surface area contributed by atoms with Gasteiger partial charge in [-0.15, -0.1) is 0 Å². The number of benzene rings is 9. The van der Waals surface area contributed by atoms with Crippen LogP contribution in [-0.2, 0) is 5.41 Å². The highest BCUT2D eigenvalue weighted by molar-refractivity contribution is 6.35. The monoisotopic (exact) mass is 691 g/mol. The summed E-state index contributed by atoms with van der Waals surface area (Å²) in [6, 6.07) is 60.5. The van der Waals surface area contributed by atoms with Crippen molar-refractivity contribution in [2.24, 2.45) is 0 Å². The summed E-state index contributed by atoms with van der Waals surface area (Å²) in [4.78, 5) is 0.